The minimum Gasteiger partial charge on any atom is -0.468 e. The number of benzene rings is 1. The van der Waals surface area contributed by atoms with Gasteiger partial charge in [0.25, 0.3) is 0 Å². The molecule has 1 N–H and O–H groups in total. The molecule has 0 aromatic heterocycles. The summed E-state index contributed by atoms with van der Waals surface area (Å²) in [5.41, 5.74) is 2.98. The van der Waals surface area contributed by atoms with Gasteiger partial charge in [0, 0.05) is 18.8 Å². The van der Waals surface area contributed by atoms with Gasteiger partial charge >= 0.3 is 5.97 Å². The Morgan fingerprint density at radius 3 is 2.86 bits per heavy atom. The highest BCUT2D eigenvalue weighted by Crippen LogP contribution is 2.28. The van der Waals surface area contributed by atoms with Crippen LogP contribution in [0.2, 0.25) is 5.02 Å². The van der Waals surface area contributed by atoms with Gasteiger partial charge in [-0.1, -0.05) is 17.7 Å². The van der Waals surface area contributed by atoms with Gasteiger partial charge in [-0.15, -0.1) is 11.8 Å². The number of carbonyl (C=O) groups is 1. The summed E-state index contributed by atoms with van der Waals surface area (Å²) in [5, 5.41) is 4.25. The molecule has 1 aromatic carbocycles. The number of thiocarbonyl (C=S) groups is 1. The number of ether oxygens (including phenoxy) is 1. The number of halogens is 1. The summed E-state index contributed by atoms with van der Waals surface area (Å²) in [6, 6.07) is 3.96. The summed E-state index contributed by atoms with van der Waals surface area (Å²) in [6.45, 7) is 5.34. The molecule has 1 saturated heterocycles. The number of esters is 1. The van der Waals surface area contributed by atoms with Crippen molar-refractivity contribution < 1.29 is 9.53 Å². The van der Waals surface area contributed by atoms with E-state index in [9.17, 15) is 4.79 Å². The topological polar surface area (TPSA) is 41.6 Å². The van der Waals surface area contributed by atoms with Crippen molar-refractivity contribution in [1.82, 2.24) is 4.90 Å². The Morgan fingerprint density at radius 2 is 2.23 bits per heavy atom. The quantitative estimate of drug-likeness (QED) is 0.646. The first-order valence-corrected chi connectivity index (χ1v) is 8.78. The van der Waals surface area contributed by atoms with Crippen LogP contribution in [-0.4, -0.2) is 47.2 Å². The van der Waals surface area contributed by atoms with E-state index in [1.165, 1.54) is 7.11 Å². The smallest absolute Gasteiger partial charge is 0.320 e. The van der Waals surface area contributed by atoms with E-state index in [4.69, 9.17) is 28.6 Å². The molecule has 22 heavy (non-hydrogen) atoms. The second-order valence-corrected chi connectivity index (χ2v) is 7.30. The number of thioether (sulfide) groups is 1. The zero-order chi connectivity index (χ0) is 16.3. The van der Waals surface area contributed by atoms with Crippen molar-refractivity contribution in [3.8, 4) is 0 Å². The maximum atomic E-state index is 11.7. The molecule has 7 heteroatoms. The highest BCUT2D eigenvalue weighted by atomic mass is 35.5. The molecule has 4 nitrogen and oxygen atoms in total. The van der Waals surface area contributed by atoms with Crippen molar-refractivity contribution in [2.75, 3.05) is 31.3 Å². The first-order valence-electron chi connectivity index (χ1n) is 6.94. The number of rotatable bonds is 2. The van der Waals surface area contributed by atoms with Crippen LogP contribution in [0.5, 0.6) is 0 Å². The van der Waals surface area contributed by atoms with Crippen molar-refractivity contribution in [2.45, 2.75) is 19.1 Å². The van der Waals surface area contributed by atoms with E-state index in [0.29, 0.717) is 16.7 Å². The lowest BCUT2D eigenvalue weighted by Gasteiger charge is -2.33. The minimum absolute atomic E-state index is 0.201. The van der Waals surface area contributed by atoms with E-state index in [0.717, 1.165) is 29.1 Å². The van der Waals surface area contributed by atoms with E-state index in [1.807, 2.05) is 24.8 Å². The van der Waals surface area contributed by atoms with Crippen LogP contribution >= 0.6 is 35.6 Å². The lowest BCUT2D eigenvalue weighted by molar-refractivity contribution is -0.140. The summed E-state index contributed by atoms with van der Waals surface area (Å²) in [4.78, 5) is 13.7. The molecule has 0 unspecified atom stereocenters. The zero-order valence-corrected chi connectivity index (χ0v) is 15.2. The first-order chi connectivity index (χ1) is 10.4. The van der Waals surface area contributed by atoms with Gasteiger partial charge in [-0.3, -0.25) is 4.79 Å². The molecule has 0 amide bonds. The molecule has 1 aromatic rings. The van der Waals surface area contributed by atoms with Gasteiger partial charge in [0.1, 0.15) is 5.25 Å². The summed E-state index contributed by atoms with van der Waals surface area (Å²) >= 11 is 13.4. The number of aryl methyl sites for hydroxylation is 2. The van der Waals surface area contributed by atoms with Crippen molar-refractivity contribution in [1.29, 1.82) is 0 Å². The predicted octanol–water partition coefficient (Wildman–Crippen LogP) is 3.24. The highest BCUT2D eigenvalue weighted by Gasteiger charge is 2.28. The average Bonchev–Trinajstić information content (AvgIpc) is 2.50. The predicted molar refractivity (Wildman–Crippen MR) is 97.0 cm³/mol. The van der Waals surface area contributed by atoms with Crippen LogP contribution < -0.4 is 5.32 Å². The van der Waals surface area contributed by atoms with Crippen LogP contribution in [-0.2, 0) is 9.53 Å². The van der Waals surface area contributed by atoms with Crippen LogP contribution in [0.15, 0.2) is 12.1 Å². The summed E-state index contributed by atoms with van der Waals surface area (Å²) < 4.78 is 4.82. The van der Waals surface area contributed by atoms with Gasteiger partial charge in [-0.25, -0.2) is 0 Å². The molecule has 1 atom stereocenters. The molecule has 2 rings (SSSR count). The molecule has 1 fully saturated rings. The molecule has 0 bridgehead atoms. The molecule has 0 spiro atoms. The average molecular weight is 359 g/mol. The second kappa shape index (κ2) is 7.53. The van der Waals surface area contributed by atoms with Crippen molar-refractivity contribution in [2.24, 2.45) is 0 Å². The largest absolute Gasteiger partial charge is 0.468 e. The van der Waals surface area contributed by atoms with Gasteiger partial charge < -0.3 is 15.0 Å². The van der Waals surface area contributed by atoms with Crippen LogP contribution in [0.3, 0.4) is 0 Å². The third kappa shape index (κ3) is 4.06. The van der Waals surface area contributed by atoms with Crippen molar-refractivity contribution in [3.05, 3.63) is 28.3 Å². The Morgan fingerprint density at radius 1 is 1.50 bits per heavy atom. The van der Waals surface area contributed by atoms with Gasteiger partial charge in [-0.2, -0.15) is 0 Å². The zero-order valence-electron chi connectivity index (χ0n) is 12.8. The molecule has 0 saturated carbocycles. The molecule has 0 aliphatic carbocycles. The van der Waals surface area contributed by atoms with Crippen LogP contribution in [0.25, 0.3) is 0 Å². The van der Waals surface area contributed by atoms with E-state index in [2.05, 4.69) is 11.4 Å². The SMILES string of the molecule is COC(=O)[C@H]1CN(C(=S)Nc2c(C)cc(C)cc2Cl)CCS1. The highest BCUT2D eigenvalue weighted by molar-refractivity contribution is 8.00. The third-order valence-corrected chi connectivity index (χ3v) is 5.30. The Kier molecular flexibility index (Phi) is 5.94. The van der Waals surface area contributed by atoms with Gasteiger partial charge in [0.05, 0.1) is 17.8 Å². The molecule has 120 valence electrons. The maximum absolute atomic E-state index is 11.7. The van der Waals surface area contributed by atoms with Crippen LogP contribution in [0.4, 0.5) is 5.69 Å². The van der Waals surface area contributed by atoms with Crippen LogP contribution in [0, 0.1) is 13.8 Å². The van der Waals surface area contributed by atoms with Gasteiger partial charge in [0.15, 0.2) is 5.11 Å². The molecule has 1 aliphatic rings. The fourth-order valence-corrected chi connectivity index (χ4v) is 4.13. The lowest BCUT2D eigenvalue weighted by Crippen LogP contribution is -2.46. The molecular formula is C15H19ClN2O2S2. The number of hydrogen-bond acceptors (Lipinski definition) is 4. The number of anilines is 1. The number of methoxy groups -OCH3 is 1. The summed E-state index contributed by atoms with van der Waals surface area (Å²) in [7, 11) is 1.41. The Labute approximate surface area is 145 Å². The fraction of sp³-hybridized carbons (Fsp3) is 0.467. The van der Waals surface area contributed by atoms with E-state index in [-0.39, 0.29) is 11.2 Å². The van der Waals surface area contributed by atoms with Gasteiger partial charge in [0.2, 0.25) is 0 Å². The van der Waals surface area contributed by atoms with E-state index >= 15 is 0 Å². The lowest BCUT2D eigenvalue weighted by atomic mass is 10.1. The van der Waals surface area contributed by atoms with Crippen LogP contribution in [0.1, 0.15) is 11.1 Å². The second-order valence-electron chi connectivity index (χ2n) is 5.20. The first kappa shape index (κ1) is 17.4. The molecular weight excluding hydrogens is 340 g/mol. The van der Waals surface area contributed by atoms with Crippen molar-refractivity contribution >= 4 is 52.3 Å². The summed E-state index contributed by atoms with van der Waals surface area (Å²) in [6.07, 6.45) is 0. The Hall–Kier alpha value is -0.980. The normalized spacial score (nSPS) is 18.0. The molecule has 0 radical (unpaired) electrons. The van der Waals surface area contributed by atoms with Gasteiger partial charge in [-0.05, 0) is 43.3 Å². The number of nitrogens with zero attached hydrogens (tertiary/aromatic N) is 1. The number of carbonyl (C=O) groups excluding carboxylic acids is 1. The number of hydrogen-bond donors (Lipinski definition) is 1. The standard InChI is InChI=1S/C15H19ClN2O2S2/c1-9-6-10(2)13(11(16)7-9)17-15(21)18-4-5-22-12(8-18)14(19)20-3/h6-7,12H,4-5,8H2,1-3H3,(H,17,21)/t12-/m1/s1. The molecule has 1 aliphatic heterocycles. The molecule has 1 heterocycles. The van der Waals surface area contributed by atoms with Crippen molar-refractivity contribution in [3.63, 3.8) is 0 Å². The van der Waals surface area contributed by atoms with E-state index < -0.39 is 0 Å². The Bertz CT molecular complexity index is 572. The summed E-state index contributed by atoms with van der Waals surface area (Å²) in [5.74, 6) is 0.629. The maximum Gasteiger partial charge on any atom is 0.320 e. The van der Waals surface area contributed by atoms with E-state index in [1.54, 1.807) is 11.8 Å². The fourth-order valence-electron chi connectivity index (χ4n) is 2.37. The number of nitrogens with one attached hydrogen (secondary N) is 1. The monoisotopic (exact) mass is 358 g/mol. The Balaban J connectivity index is 2.08. The third-order valence-electron chi connectivity index (χ3n) is 3.48. The minimum atomic E-state index is -0.206.